The van der Waals surface area contributed by atoms with Crippen molar-refractivity contribution >= 4 is 22.7 Å². The summed E-state index contributed by atoms with van der Waals surface area (Å²) in [5.41, 5.74) is 2.17. The Balaban J connectivity index is 1.27. The Bertz CT molecular complexity index is 1240. The van der Waals surface area contributed by atoms with E-state index in [4.69, 9.17) is 18.7 Å². The van der Waals surface area contributed by atoms with Crippen LogP contribution >= 0.6 is 0 Å². The number of nitrogens with zero attached hydrogens (tertiary/aromatic N) is 1. The zero-order chi connectivity index (χ0) is 19.8. The van der Waals surface area contributed by atoms with Gasteiger partial charge in [0.1, 0.15) is 12.3 Å². The number of aromatic nitrogens is 2. The van der Waals surface area contributed by atoms with Crippen molar-refractivity contribution in [3.63, 3.8) is 0 Å². The molecule has 0 bridgehead atoms. The van der Waals surface area contributed by atoms with Crippen LogP contribution in [-0.2, 0) is 16.1 Å². The van der Waals surface area contributed by atoms with Crippen LogP contribution in [0, 0.1) is 0 Å². The predicted molar refractivity (Wildman–Crippen MR) is 100 cm³/mol. The van der Waals surface area contributed by atoms with Crippen molar-refractivity contribution < 1.29 is 28.3 Å². The minimum absolute atomic E-state index is 0.180. The van der Waals surface area contributed by atoms with Crippen LogP contribution in [0.15, 0.2) is 59.3 Å². The summed E-state index contributed by atoms with van der Waals surface area (Å²) >= 11 is 0. The number of para-hydroxylation sites is 1. The molecule has 144 valence electrons. The molecule has 0 amide bonds. The predicted octanol–water partition coefficient (Wildman–Crippen LogP) is 3.48. The fourth-order valence-corrected chi connectivity index (χ4v) is 3.14. The van der Waals surface area contributed by atoms with Gasteiger partial charge in [-0.2, -0.15) is 0 Å². The lowest BCUT2D eigenvalue weighted by Gasteiger charge is -2.01. The normalized spacial score (nSPS) is 12.3. The highest BCUT2D eigenvalue weighted by molar-refractivity contribution is 6.42. The molecule has 0 radical (unpaired) electrons. The topological polar surface area (TPSA) is 104 Å². The molecule has 0 saturated carbocycles. The molecule has 29 heavy (non-hydrogen) atoms. The molecule has 2 aromatic carbocycles. The molecule has 0 unspecified atom stereocenters. The molecule has 5 rings (SSSR count). The smallest absolute Gasteiger partial charge is 0.380 e. The number of hydrogen-bond donors (Lipinski definition) is 1. The Morgan fingerprint density at radius 2 is 1.93 bits per heavy atom. The van der Waals surface area contributed by atoms with Gasteiger partial charge in [-0.05, 0) is 24.3 Å². The van der Waals surface area contributed by atoms with Gasteiger partial charge in [-0.1, -0.05) is 23.4 Å². The molecule has 0 spiro atoms. The number of hydrogen-bond acceptors (Lipinski definition) is 7. The van der Waals surface area contributed by atoms with Crippen LogP contribution in [0.25, 0.3) is 22.2 Å². The Labute approximate surface area is 164 Å². The van der Waals surface area contributed by atoms with Crippen molar-refractivity contribution in [1.82, 2.24) is 10.1 Å². The van der Waals surface area contributed by atoms with Crippen molar-refractivity contribution in [1.29, 1.82) is 0 Å². The van der Waals surface area contributed by atoms with Gasteiger partial charge >= 0.3 is 5.97 Å². The Morgan fingerprint density at radius 1 is 1.07 bits per heavy atom. The Morgan fingerprint density at radius 3 is 2.86 bits per heavy atom. The number of rotatable bonds is 5. The van der Waals surface area contributed by atoms with E-state index in [1.165, 1.54) is 6.20 Å². The number of Topliss-reactive ketones (excluding diaryl/α,β-unsaturated/α-hetero) is 1. The zero-order valence-electron chi connectivity index (χ0n) is 15.0. The van der Waals surface area contributed by atoms with Crippen molar-refractivity contribution in [2.75, 3.05) is 6.79 Å². The second-order valence-electron chi connectivity index (χ2n) is 6.40. The molecule has 4 aromatic rings. The quantitative estimate of drug-likeness (QED) is 0.316. The second kappa shape index (κ2) is 6.83. The first-order valence-electron chi connectivity index (χ1n) is 8.82. The SMILES string of the molecule is O=C(OCc1cc(-c2ccc3c(c2)OCO3)on1)C(=O)c1c[nH]c2ccccc12. The lowest BCUT2D eigenvalue weighted by atomic mass is 10.1. The van der Waals surface area contributed by atoms with E-state index in [9.17, 15) is 9.59 Å². The third kappa shape index (κ3) is 3.10. The summed E-state index contributed by atoms with van der Waals surface area (Å²) in [6.07, 6.45) is 1.50. The van der Waals surface area contributed by atoms with Crippen LogP contribution < -0.4 is 9.47 Å². The summed E-state index contributed by atoms with van der Waals surface area (Å²) in [6, 6.07) is 14.2. The van der Waals surface area contributed by atoms with Crippen LogP contribution in [0.1, 0.15) is 16.1 Å². The molecule has 1 aliphatic heterocycles. The highest BCUT2D eigenvalue weighted by Crippen LogP contribution is 2.36. The third-order valence-electron chi connectivity index (χ3n) is 4.59. The first-order chi connectivity index (χ1) is 14.2. The number of nitrogens with one attached hydrogen (secondary N) is 1. The Kier molecular flexibility index (Phi) is 4.02. The van der Waals surface area contributed by atoms with Crippen molar-refractivity contribution in [3.05, 3.63) is 66.0 Å². The number of carbonyl (C=O) groups is 2. The summed E-state index contributed by atoms with van der Waals surface area (Å²) in [5, 5.41) is 4.56. The molecule has 0 saturated heterocycles. The van der Waals surface area contributed by atoms with E-state index in [-0.39, 0.29) is 19.0 Å². The number of carbonyl (C=O) groups excluding carboxylic acids is 2. The maximum absolute atomic E-state index is 12.4. The average molecular weight is 390 g/mol. The lowest BCUT2D eigenvalue weighted by molar-refractivity contribution is -0.139. The lowest BCUT2D eigenvalue weighted by Crippen LogP contribution is -2.17. The number of ketones is 1. The fourth-order valence-electron chi connectivity index (χ4n) is 3.14. The number of aromatic amines is 1. The minimum atomic E-state index is -0.956. The molecule has 3 heterocycles. The Hall–Kier alpha value is -4.07. The molecule has 2 aromatic heterocycles. The van der Waals surface area contributed by atoms with E-state index in [2.05, 4.69) is 10.1 Å². The average Bonchev–Trinajstić information content (AvgIpc) is 3.50. The van der Waals surface area contributed by atoms with Gasteiger partial charge in [0.2, 0.25) is 6.79 Å². The van der Waals surface area contributed by atoms with Crippen molar-refractivity contribution in [2.45, 2.75) is 6.61 Å². The van der Waals surface area contributed by atoms with Crippen molar-refractivity contribution in [2.24, 2.45) is 0 Å². The maximum atomic E-state index is 12.4. The first kappa shape index (κ1) is 17.1. The number of fused-ring (bicyclic) bond motifs is 2. The molecule has 8 heteroatoms. The van der Waals surface area contributed by atoms with Gasteiger partial charge < -0.3 is 23.7 Å². The van der Waals surface area contributed by atoms with Gasteiger partial charge in [0.15, 0.2) is 17.3 Å². The van der Waals surface area contributed by atoms with Gasteiger partial charge in [-0.3, -0.25) is 4.79 Å². The fraction of sp³-hybridized carbons (Fsp3) is 0.0952. The highest BCUT2D eigenvalue weighted by atomic mass is 16.7. The number of esters is 1. The van der Waals surface area contributed by atoms with Gasteiger partial charge in [-0.25, -0.2) is 4.79 Å². The van der Waals surface area contributed by atoms with Crippen LogP contribution in [0.4, 0.5) is 0 Å². The molecule has 0 atom stereocenters. The molecule has 1 N–H and O–H groups in total. The molecule has 8 nitrogen and oxygen atoms in total. The third-order valence-corrected chi connectivity index (χ3v) is 4.59. The van der Waals surface area contributed by atoms with Crippen LogP contribution in [0.3, 0.4) is 0 Å². The van der Waals surface area contributed by atoms with Gasteiger partial charge in [0, 0.05) is 28.7 Å². The molecule has 0 aliphatic carbocycles. The van der Waals surface area contributed by atoms with E-state index in [1.54, 1.807) is 30.3 Å². The molecular weight excluding hydrogens is 376 g/mol. The van der Waals surface area contributed by atoms with Crippen LogP contribution in [-0.4, -0.2) is 28.7 Å². The van der Waals surface area contributed by atoms with E-state index >= 15 is 0 Å². The number of H-pyrrole nitrogens is 1. The standard InChI is InChI=1S/C21H14N2O6/c24-20(15-9-22-16-4-2-1-3-14(15)16)21(25)26-10-13-8-18(29-23-13)12-5-6-17-19(7-12)28-11-27-17/h1-9,22H,10-11H2. The van der Waals surface area contributed by atoms with Gasteiger partial charge in [0.05, 0.1) is 5.56 Å². The highest BCUT2D eigenvalue weighted by Gasteiger charge is 2.22. The summed E-state index contributed by atoms with van der Waals surface area (Å²) < 4.78 is 21.0. The first-order valence-corrected chi connectivity index (χ1v) is 8.82. The summed E-state index contributed by atoms with van der Waals surface area (Å²) in [7, 11) is 0. The zero-order valence-corrected chi connectivity index (χ0v) is 15.0. The molecule has 1 aliphatic rings. The molecular formula is C21H14N2O6. The van der Waals surface area contributed by atoms with Crippen LogP contribution in [0.5, 0.6) is 11.5 Å². The number of benzene rings is 2. The van der Waals surface area contributed by atoms with Crippen molar-refractivity contribution in [3.8, 4) is 22.8 Å². The maximum Gasteiger partial charge on any atom is 0.380 e. The summed E-state index contributed by atoms with van der Waals surface area (Å²) in [5.74, 6) is 0.0936. The van der Waals surface area contributed by atoms with E-state index < -0.39 is 11.8 Å². The van der Waals surface area contributed by atoms with Gasteiger partial charge in [0.25, 0.3) is 5.78 Å². The van der Waals surface area contributed by atoms with Crippen LogP contribution in [0.2, 0.25) is 0 Å². The van der Waals surface area contributed by atoms with E-state index in [0.29, 0.717) is 28.3 Å². The largest absolute Gasteiger partial charge is 0.454 e. The van der Waals surface area contributed by atoms with Gasteiger partial charge in [-0.15, -0.1) is 0 Å². The second-order valence-corrected chi connectivity index (χ2v) is 6.40. The number of ether oxygens (including phenoxy) is 3. The molecule has 0 fully saturated rings. The minimum Gasteiger partial charge on any atom is -0.454 e. The van der Waals surface area contributed by atoms with E-state index in [1.807, 2.05) is 18.2 Å². The summed E-state index contributed by atoms with van der Waals surface area (Å²) in [4.78, 5) is 27.6. The summed E-state index contributed by atoms with van der Waals surface area (Å²) in [6.45, 7) is 0.00182. The van der Waals surface area contributed by atoms with E-state index in [0.717, 1.165) is 11.1 Å². The monoisotopic (exact) mass is 390 g/mol.